The standard InChI is InChI=1S/C17H27N3O5/c1-17(2,3)25-16(23)20-10-8-19(9-11-20)7-6-18-12-13-4-5-14(24-13)15(21)22/h4-5,18H,6-12H2,1-3H3,(H,21,22). The summed E-state index contributed by atoms with van der Waals surface area (Å²) < 4.78 is 10.6. The lowest BCUT2D eigenvalue weighted by molar-refractivity contribution is 0.0146. The minimum Gasteiger partial charge on any atom is -0.475 e. The molecule has 1 aromatic heterocycles. The van der Waals surface area contributed by atoms with E-state index < -0.39 is 11.6 Å². The molecule has 0 radical (unpaired) electrons. The minimum absolute atomic E-state index is 0.0462. The van der Waals surface area contributed by atoms with Gasteiger partial charge in [0.25, 0.3) is 0 Å². The number of rotatable bonds is 6. The quantitative estimate of drug-likeness (QED) is 0.750. The number of hydrogen-bond acceptors (Lipinski definition) is 6. The summed E-state index contributed by atoms with van der Waals surface area (Å²) in [5, 5.41) is 12.0. The third kappa shape index (κ3) is 6.39. The Morgan fingerprint density at radius 1 is 1.24 bits per heavy atom. The van der Waals surface area contributed by atoms with Crippen molar-refractivity contribution in [3.63, 3.8) is 0 Å². The van der Waals surface area contributed by atoms with Crippen molar-refractivity contribution < 1.29 is 23.8 Å². The van der Waals surface area contributed by atoms with Gasteiger partial charge in [-0.3, -0.25) is 4.90 Å². The van der Waals surface area contributed by atoms with Crippen molar-refractivity contribution in [3.8, 4) is 0 Å². The van der Waals surface area contributed by atoms with Crippen molar-refractivity contribution in [1.82, 2.24) is 15.1 Å². The molecule has 0 unspecified atom stereocenters. The number of ether oxygens (including phenoxy) is 1. The first-order valence-electron chi connectivity index (χ1n) is 8.47. The summed E-state index contributed by atoms with van der Waals surface area (Å²) in [6.07, 6.45) is -0.252. The predicted octanol–water partition coefficient (Wildman–Crippen LogP) is 1.62. The number of carbonyl (C=O) groups is 2. The highest BCUT2D eigenvalue weighted by molar-refractivity contribution is 5.84. The Balaban J connectivity index is 1.62. The van der Waals surface area contributed by atoms with Crippen LogP contribution in [0.2, 0.25) is 0 Å². The molecule has 0 saturated carbocycles. The number of aromatic carboxylic acids is 1. The zero-order chi connectivity index (χ0) is 18.4. The van der Waals surface area contributed by atoms with Crippen molar-refractivity contribution in [3.05, 3.63) is 23.7 Å². The molecule has 2 N–H and O–H groups in total. The van der Waals surface area contributed by atoms with Gasteiger partial charge in [0, 0.05) is 39.3 Å². The molecule has 25 heavy (non-hydrogen) atoms. The number of amides is 1. The molecule has 1 aliphatic rings. The lowest BCUT2D eigenvalue weighted by Crippen LogP contribution is -2.51. The summed E-state index contributed by atoms with van der Waals surface area (Å²) in [6, 6.07) is 3.12. The zero-order valence-corrected chi connectivity index (χ0v) is 15.1. The SMILES string of the molecule is CC(C)(C)OC(=O)N1CCN(CCNCc2ccc(C(=O)O)o2)CC1. The van der Waals surface area contributed by atoms with E-state index in [0.717, 1.165) is 26.2 Å². The molecule has 0 bridgehead atoms. The average Bonchev–Trinajstić information content (AvgIpc) is 2.99. The van der Waals surface area contributed by atoms with Crippen molar-refractivity contribution in [2.24, 2.45) is 0 Å². The van der Waals surface area contributed by atoms with Crippen LogP contribution in [0.15, 0.2) is 16.5 Å². The summed E-state index contributed by atoms with van der Waals surface area (Å²) >= 11 is 0. The normalized spacial score (nSPS) is 16.0. The molecule has 1 aromatic rings. The monoisotopic (exact) mass is 353 g/mol. The van der Waals surface area contributed by atoms with Crippen molar-refractivity contribution >= 4 is 12.1 Å². The molecule has 140 valence electrons. The summed E-state index contributed by atoms with van der Waals surface area (Å²) in [5.74, 6) is -0.503. The first-order valence-corrected chi connectivity index (χ1v) is 8.47. The van der Waals surface area contributed by atoms with Crippen LogP contribution in [-0.2, 0) is 11.3 Å². The highest BCUT2D eigenvalue weighted by Crippen LogP contribution is 2.12. The van der Waals surface area contributed by atoms with E-state index >= 15 is 0 Å². The van der Waals surface area contributed by atoms with Crippen LogP contribution in [0.5, 0.6) is 0 Å². The predicted molar refractivity (Wildman–Crippen MR) is 91.6 cm³/mol. The van der Waals surface area contributed by atoms with Crippen LogP contribution in [0, 0.1) is 0 Å². The molecule has 2 heterocycles. The van der Waals surface area contributed by atoms with Gasteiger partial charge < -0.3 is 24.5 Å². The fraction of sp³-hybridized carbons (Fsp3) is 0.647. The van der Waals surface area contributed by atoms with E-state index in [-0.39, 0.29) is 11.9 Å². The minimum atomic E-state index is -1.06. The van der Waals surface area contributed by atoms with Gasteiger partial charge in [-0.25, -0.2) is 9.59 Å². The van der Waals surface area contributed by atoms with E-state index in [1.165, 1.54) is 6.07 Å². The topological polar surface area (TPSA) is 95.2 Å². The first-order chi connectivity index (χ1) is 11.7. The molecule has 0 aliphatic carbocycles. The number of nitrogens with one attached hydrogen (secondary N) is 1. The molecule has 0 atom stereocenters. The van der Waals surface area contributed by atoms with Crippen LogP contribution in [-0.4, -0.2) is 71.8 Å². The Kier molecular flexibility index (Phi) is 6.44. The van der Waals surface area contributed by atoms with Crippen LogP contribution >= 0.6 is 0 Å². The van der Waals surface area contributed by atoms with E-state index in [1.807, 2.05) is 20.8 Å². The zero-order valence-electron chi connectivity index (χ0n) is 15.1. The molecular formula is C17H27N3O5. The Bertz CT molecular complexity index is 585. The highest BCUT2D eigenvalue weighted by Gasteiger charge is 2.25. The second-order valence-electron chi connectivity index (χ2n) is 7.06. The van der Waals surface area contributed by atoms with Crippen molar-refractivity contribution in [1.29, 1.82) is 0 Å². The molecule has 1 saturated heterocycles. The van der Waals surface area contributed by atoms with Gasteiger partial charge in [0.15, 0.2) is 0 Å². The summed E-state index contributed by atoms with van der Waals surface area (Å²) in [6.45, 7) is 10.6. The first kappa shape index (κ1) is 19.3. The van der Waals surface area contributed by atoms with E-state index in [1.54, 1.807) is 11.0 Å². The van der Waals surface area contributed by atoms with E-state index in [9.17, 15) is 9.59 Å². The van der Waals surface area contributed by atoms with Crippen LogP contribution in [0.1, 0.15) is 37.1 Å². The Hall–Kier alpha value is -2.06. The van der Waals surface area contributed by atoms with Crippen LogP contribution in [0.3, 0.4) is 0 Å². The van der Waals surface area contributed by atoms with Gasteiger partial charge in [0.1, 0.15) is 11.4 Å². The second-order valence-corrected chi connectivity index (χ2v) is 7.06. The maximum Gasteiger partial charge on any atom is 0.410 e. The molecule has 1 amide bonds. The number of hydrogen-bond donors (Lipinski definition) is 2. The molecule has 2 rings (SSSR count). The van der Waals surface area contributed by atoms with Gasteiger partial charge >= 0.3 is 12.1 Å². The highest BCUT2D eigenvalue weighted by atomic mass is 16.6. The Labute approximate surface area is 147 Å². The summed E-state index contributed by atoms with van der Waals surface area (Å²) in [7, 11) is 0. The van der Waals surface area contributed by atoms with Gasteiger partial charge in [0.2, 0.25) is 5.76 Å². The van der Waals surface area contributed by atoms with Gasteiger partial charge in [-0.05, 0) is 32.9 Å². The van der Waals surface area contributed by atoms with E-state index in [2.05, 4.69) is 10.2 Å². The number of nitrogens with zero attached hydrogens (tertiary/aromatic N) is 2. The number of piperazine rings is 1. The van der Waals surface area contributed by atoms with Crippen LogP contribution in [0.25, 0.3) is 0 Å². The molecule has 8 nitrogen and oxygen atoms in total. The number of carbonyl (C=O) groups excluding carboxylic acids is 1. The van der Waals surface area contributed by atoms with Gasteiger partial charge in [0.05, 0.1) is 6.54 Å². The maximum absolute atomic E-state index is 12.0. The third-order valence-electron chi connectivity index (χ3n) is 3.80. The number of furan rings is 1. The smallest absolute Gasteiger partial charge is 0.410 e. The molecule has 8 heteroatoms. The third-order valence-corrected chi connectivity index (χ3v) is 3.80. The Morgan fingerprint density at radius 3 is 2.48 bits per heavy atom. The van der Waals surface area contributed by atoms with Gasteiger partial charge in [-0.1, -0.05) is 0 Å². The summed E-state index contributed by atoms with van der Waals surface area (Å²) in [5.41, 5.74) is -0.468. The van der Waals surface area contributed by atoms with E-state index in [0.29, 0.717) is 25.4 Å². The lowest BCUT2D eigenvalue weighted by atomic mass is 10.2. The lowest BCUT2D eigenvalue weighted by Gasteiger charge is -2.35. The van der Waals surface area contributed by atoms with Crippen LogP contribution < -0.4 is 5.32 Å². The largest absolute Gasteiger partial charge is 0.475 e. The fourth-order valence-corrected chi connectivity index (χ4v) is 2.52. The number of carboxylic acid groups (broad SMARTS) is 1. The molecular weight excluding hydrogens is 326 g/mol. The number of carboxylic acids is 1. The fourth-order valence-electron chi connectivity index (χ4n) is 2.52. The van der Waals surface area contributed by atoms with Crippen molar-refractivity contribution in [2.75, 3.05) is 39.3 Å². The second kappa shape index (κ2) is 8.35. The van der Waals surface area contributed by atoms with Crippen LogP contribution in [0.4, 0.5) is 4.79 Å². The Morgan fingerprint density at radius 2 is 1.92 bits per heavy atom. The average molecular weight is 353 g/mol. The molecule has 1 fully saturated rings. The molecule has 0 spiro atoms. The van der Waals surface area contributed by atoms with Crippen molar-refractivity contribution in [2.45, 2.75) is 32.9 Å². The maximum atomic E-state index is 12.0. The summed E-state index contributed by atoms with van der Waals surface area (Å²) in [4.78, 5) is 26.8. The van der Waals surface area contributed by atoms with Gasteiger partial charge in [-0.2, -0.15) is 0 Å². The molecule has 0 aromatic carbocycles. The van der Waals surface area contributed by atoms with Gasteiger partial charge in [-0.15, -0.1) is 0 Å². The molecule has 1 aliphatic heterocycles. The van der Waals surface area contributed by atoms with E-state index in [4.69, 9.17) is 14.3 Å².